The number of ether oxygens (including phenoxy) is 1. The second-order valence-electron chi connectivity index (χ2n) is 6.65. The summed E-state index contributed by atoms with van der Waals surface area (Å²) in [6.45, 7) is 4.67. The van der Waals surface area contributed by atoms with Crippen molar-refractivity contribution in [2.45, 2.75) is 25.8 Å². The molecule has 7 heteroatoms. The van der Waals surface area contributed by atoms with Crippen LogP contribution < -0.4 is 10.1 Å². The standard InChI is InChI=1S/C18H24ClN3O3/c1-12(17(23)20-15-11-14(19)5-6-16(15)25-2)21-7-9-22(10-8-21)18(24)13-3-4-13/h5-6,11-13H,3-4,7-10H2,1-2H3,(H,20,23)/t12-/m0/s1. The molecule has 1 aromatic carbocycles. The summed E-state index contributed by atoms with van der Waals surface area (Å²) in [6.07, 6.45) is 2.05. The van der Waals surface area contributed by atoms with Gasteiger partial charge in [0.05, 0.1) is 18.8 Å². The topological polar surface area (TPSA) is 61.9 Å². The first kappa shape index (κ1) is 18.0. The Morgan fingerprint density at radius 1 is 1.24 bits per heavy atom. The second kappa shape index (κ2) is 7.62. The van der Waals surface area contributed by atoms with Crippen LogP contribution in [0.4, 0.5) is 5.69 Å². The van der Waals surface area contributed by atoms with E-state index in [2.05, 4.69) is 10.2 Å². The van der Waals surface area contributed by atoms with Crippen LogP contribution in [0.1, 0.15) is 19.8 Å². The van der Waals surface area contributed by atoms with E-state index in [1.54, 1.807) is 25.3 Å². The highest BCUT2D eigenvalue weighted by atomic mass is 35.5. The smallest absolute Gasteiger partial charge is 0.241 e. The molecule has 3 rings (SSSR count). The van der Waals surface area contributed by atoms with Crippen LogP contribution in [0.15, 0.2) is 18.2 Å². The summed E-state index contributed by atoms with van der Waals surface area (Å²) in [6, 6.07) is 4.83. The first-order valence-electron chi connectivity index (χ1n) is 8.67. The molecule has 0 bridgehead atoms. The lowest BCUT2D eigenvalue weighted by atomic mass is 10.2. The minimum atomic E-state index is -0.290. The van der Waals surface area contributed by atoms with Gasteiger partial charge in [0.25, 0.3) is 0 Å². The molecule has 2 amide bonds. The fourth-order valence-corrected chi connectivity index (χ4v) is 3.27. The van der Waals surface area contributed by atoms with Crippen molar-refractivity contribution >= 4 is 29.1 Å². The van der Waals surface area contributed by atoms with E-state index in [-0.39, 0.29) is 23.8 Å². The molecule has 25 heavy (non-hydrogen) atoms. The Labute approximate surface area is 153 Å². The van der Waals surface area contributed by atoms with Gasteiger partial charge in [-0.15, -0.1) is 0 Å². The molecule has 0 aromatic heterocycles. The number of amides is 2. The fourth-order valence-electron chi connectivity index (χ4n) is 3.10. The summed E-state index contributed by atoms with van der Waals surface area (Å²) in [4.78, 5) is 28.7. The number of carbonyl (C=O) groups excluding carboxylic acids is 2. The van der Waals surface area contributed by atoms with Crippen molar-refractivity contribution in [1.29, 1.82) is 0 Å². The number of piperazine rings is 1. The summed E-state index contributed by atoms with van der Waals surface area (Å²) in [7, 11) is 1.55. The maximum atomic E-state index is 12.6. The van der Waals surface area contributed by atoms with Crippen molar-refractivity contribution in [1.82, 2.24) is 9.80 Å². The molecular weight excluding hydrogens is 342 g/mol. The molecule has 0 unspecified atom stereocenters. The van der Waals surface area contributed by atoms with Crippen LogP contribution in [0, 0.1) is 5.92 Å². The zero-order chi connectivity index (χ0) is 18.0. The van der Waals surface area contributed by atoms with Gasteiger partial charge in [-0.1, -0.05) is 11.6 Å². The number of benzene rings is 1. The van der Waals surface area contributed by atoms with Gasteiger partial charge in [0.15, 0.2) is 0 Å². The second-order valence-corrected chi connectivity index (χ2v) is 7.08. The van der Waals surface area contributed by atoms with Crippen molar-refractivity contribution in [2.24, 2.45) is 5.92 Å². The molecule has 1 heterocycles. The van der Waals surface area contributed by atoms with Crippen LogP contribution in [-0.2, 0) is 9.59 Å². The van der Waals surface area contributed by atoms with Gasteiger partial charge < -0.3 is 15.0 Å². The molecule has 1 atom stereocenters. The van der Waals surface area contributed by atoms with E-state index in [4.69, 9.17) is 16.3 Å². The lowest BCUT2D eigenvalue weighted by Crippen LogP contribution is -2.54. The Hall–Kier alpha value is -1.79. The molecular formula is C18H24ClN3O3. The van der Waals surface area contributed by atoms with Gasteiger partial charge in [0.1, 0.15) is 5.75 Å². The molecule has 1 aromatic rings. The van der Waals surface area contributed by atoms with E-state index in [9.17, 15) is 9.59 Å². The summed E-state index contributed by atoms with van der Waals surface area (Å²) in [5, 5.41) is 3.43. The van der Waals surface area contributed by atoms with Crippen molar-refractivity contribution in [3.05, 3.63) is 23.2 Å². The molecule has 1 saturated carbocycles. The fraction of sp³-hybridized carbons (Fsp3) is 0.556. The number of hydrogen-bond acceptors (Lipinski definition) is 4. The number of nitrogens with one attached hydrogen (secondary N) is 1. The maximum Gasteiger partial charge on any atom is 0.241 e. The van der Waals surface area contributed by atoms with E-state index in [1.807, 2.05) is 11.8 Å². The number of methoxy groups -OCH3 is 1. The Morgan fingerprint density at radius 3 is 2.52 bits per heavy atom. The predicted octanol–water partition coefficient (Wildman–Crippen LogP) is 2.23. The number of anilines is 1. The van der Waals surface area contributed by atoms with Gasteiger partial charge in [-0.2, -0.15) is 0 Å². The largest absolute Gasteiger partial charge is 0.495 e. The zero-order valence-electron chi connectivity index (χ0n) is 14.6. The van der Waals surface area contributed by atoms with E-state index in [0.717, 1.165) is 12.8 Å². The van der Waals surface area contributed by atoms with Crippen molar-refractivity contribution in [3.63, 3.8) is 0 Å². The van der Waals surface area contributed by atoms with Crippen LogP contribution >= 0.6 is 11.6 Å². The molecule has 2 fully saturated rings. The van der Waals surface area contributed by atoms with E-state index >= 15 is 0 Å². The van der Waals surface area contributed by atoms with E-state index in [1.165, 1.54) is 0 Å². The minimum absolute atomic E-state index is 0.109. The normalized spacial score (nSPS) is 19.4. The van der Waals surface area contributed by atoms with E-state index < -0.39 is 0 Å². The van der Waals surface area contributed by atoms with Crippen LogP contribution in [0.2, 0.25) is 5.02 Å². The number of rotatable bonds is 5. The lowest BCUT2D eigenvalue weighted by Gasteiger charge is -2.37. The van der Waals surface area contributed by atoms with Gasteiger partial charge in [0, 0.05) is 37.1 Å². The minimum Gasteiger partial charge on any atom is -0.495 e. The summed E-state index contributed by atoms with van der Waals surface area (Å²) >= 11 is 6.01. The number of halogens is 1. The highest BCUT2D eigenvalue weighted by Crippen LogP contribution is 2.31. The van der Waals surface area contributed by atoms with E-state index in [0.29, 0.717) is 42.6 Å². The number of hydrogen-bond donors (Lipinski definition) is 1. The molecule has 1 N–H and O–H groups in total. The van der Waals surface area contributed by atoms with Gasteiger partial charge in [0.2, 0.25) is 11.8 Å². The Bertz CT molecular complexity index is 655. The number of carbonyl (C=O) groups is 2. The average molecular weight is 366 g/mol. The third-order valence-electron chi connectivity index (χ3n) is 4.90. The number of nitrogens with zero attached hydrogens (tertiary/aromatic N) is 2. The highest BCUT2D eigenvalue weighted by molar-refractivity contribution is 6.31. The lowest BCUT2D eigenvalue weighted by molar-refractivity contribution is -0.135. The molecule has 6 nitrogen and oxygen atoms in total. The Balaban J connectivity index is 1.56. The van der Waals surface area contributed by atoms with Crippen LogP contribution in [-0.4, -0.2) is 60.9 Å². The van der Waals surface area contributed by atoms with Gasteiger partial charge in [-0.05, 0) is 38.0 Å². The molecule has 0 radical (unpaired) electrons. The average Bonchev–Trinajstić information content (AvgIpc) is 3.46. The molecule has 136 valence electrons. The molecule has 1 saturated heterocycles. The third kappa shape index (κ3) is 4.25. The first-order valence-corrected chi connectivity index (χ1v) is 9.04. The zero-order valence-corrected chi connectivity index (χ0v) is 15.4. The van der Waals surface area contributed by atoms with Crippen molar-refractivity contribution < 1.29 is 14.3 Å². The monoisotopic (exact) mass is 365 g/mol. The third-order valence-corrected chi connectivity index (χ3v) is 5.13. The van der Waals surface area contributed by atoms with Gasteiger partial charge in [-0.25, -0.2) is 0 Å². The highest BCUT2D eigenvalue weighted by Gasteiger charge is 2.35. The summed E-state index contributed by atoms with van der Waals surface area (Å²) in [5.74, 6) is 0.996. The Kier molecular flexibility index (Phi) is 5.49. The molecule has 1 aliphatic heterocycles. The molecule has 2 aliphatic rings. The van der Waals surface area contributed by atoms with Gasteiger partial charge >= 0.3 is 0 Å². The van der Waals surface area contributed by atoms with Crippen molar-refractivity contribution in [2.75, 3.05) is 38.6 Å². The van der Waals surface area contributed by atoms with Crippen LogP contribution in [0.5, 0.6) is 5.75 Å². The van der Waals surface area contributed by atoms with Gasteiger partial charge in [-0.3, -0.25) is 14.5 Å². The van der Waals surface area contributed by atoms with Crippen LogP contribution in [0.3, 0.4) is 0 Å². The Morgan fingerprint density at radius 2 is 1.92 bits per heavy atom. The van der Waals surface area contributed by atoms with Crippen LogP contribution in [0.25, 0.3) is 0 Å². The summed E-state index contributed by atoms with van der Waals surface area (Å²) < 4.78 is 5.26. The maximum absolute atomic E-state index is 12.6. The predicted molar refractivity (Wildman–Crippen MR) is 97.0 cm³/mol. The molecule has 1 aliphatic carbocycles. The molecule has 0 spiro atoms. The SMILES string of the molecule is COc1ccc(Cl)cc1NC(=O)[C@H](C)N1CCN(C(=O)C2CC2)CC1. The first-order chi connectivity index (χ1) is 12.0. The quantitative estimate of drug-likeness (QED) is 0.869. The summed E-state index contributed by atoms with van der Waals surface area (Å²) in [5.41, 5.74) is 0.564. The van der Waals surface area contributed by atoms with Crippen molar-refractivity contribution in [3.8, 4) is 5.75 Å².